The maximum absolute atomic E-state index is 14.3. The van der Waals surface area contributed by atoms with Crippen molar-refractivity contribution in [1.82, 2.24) is 0 Å². The second kappa shape index (κ2) is 8.53. The number of aliphatic hydroxyl groups is 1. The fraction of sp³-hybridized carbons (Fsp3) is 0.440. The number of ether oxygens (including phenoxy) is 3. The zero-order valence-corrected chi connectivity index (χ0v) is 19.2. The molecule has 0 aromatic heterocycles. The molecule has 2 aliphatic rings. The van der Waals surface area contributed by atoms with E-state index in [4.69, 9.17) is 14.2 Å². The van der Waals surface area contributed by atoms with Gasteiger partial charge in [0, 0.05) is 12.7 Å². The Kier molecular flexibility index (Phi) is 6.09. The largest absolute Gasteiger partial charge is 0.507 e. The van der Waals surface area contributed by atoms with Crippen LogP contribution in [0.4, 0.5) is 13.2 Å². The molecular formula is C25H25F3O7. The summed E-state index contributed by atoms with van der Waals surface area (Å²) in [6, 6.07) is 10.5. The maximum Gasteiger partial charge on any atom is 0.432 e. The van der Waals surface area contributed by atoms with Gasteiger partial charge in [-0.3, -0.25) is 4.79 Å². The summed E-state index contributed by atoms with van der Waals surface area (Å²) in [6.07, 6.45) is -7.91. The lowest BCUT2D eigenvalue weighted by Crippen LogP contribution is -2.66. The van der Waals surface area contributed by atoms with Crippen LogP contribution in [0, 0.1) is 11.8 Å². The summed E-state index contributed by atoms with van der Waals surface area (Å²) in [5.41, 5.74) is -5.74. The number of aromatic hydroxyl groups is 1. The number of fused-ring (bicyclic) bond motifs is 2. The Bertz CT molecular complexity index is 1140. The average molecular weight is 494 g/mol. The number of phenols is 1. The summed E-state index contributed by atoms with van der Waals surface area (Å²) in [5, 5.41) is 21.2. The van der Waals surface area contributed by atoms with Gasteiger partial charge in [-0.15, -0.1) is 0 Å². The highest BCUT2D eigenvalue weighted by Crippen LogP contribution is 2.51. The van der Waals surface area contributed by atoms with Gasteiger partial charge in [0.2, 0.25) is 0 Å². The molecule has 0 radical (unpaired) electrons. The standard InChI is InChI=1S/C25H25F3O7/c1-13-12-17(34-22(32)24(33-3,25(26,27)28)14-8-5-4-6-9-14)19-20(30)18-15(29)10-7-11-16(18)35-23(19,2)21(13)31/h4-11,13,17,19,21,29,31H,12H2,1-3H3/t13-,17+,19+,21+,23+,24+/m1/s1. The Morgan fingerprint density at radius 3 is 2.40 bits per heavy atom. The van der Waals surface area contributed by atoms with E-state index in [2.05, 4.69) is 0 Å². The van der Waals surface area contributed by atoms with Crippen LogP contribution >= 0.6 is 0 Å². The molecule has 6 atom stereocenters. The molecule has 1 fully saturated rings. The number of halogens is 3. The van der Waals surface area contributed by atoms with Crippen LogP contribution in [-0.4, -0.2) is 53.1 Å². The maximum atomic E-state index is 14.3. The monoisotopic (exact) mass is 494 g/mol. The molecule has 1 aliphatic heterocycles. The summed E-state index contributed by atoms with van der Waals surface area (Å²) in [7, 11) is 0.752. The van der Waals surface area contributed by atoms with E-state index in [1.165, 1.54) is 43.3 Å². The van der Waals surface area contributed by atoms with Crippen molar-refractivity contribution in [2.75, 3.05) is 7.11 Å². The molecule has 35 heavy (non-hydrogen) atoms. The zero-order valence-electron chi connectivity index (χ0n) is 19.2. The Morgan fingerprint density at radius 2 is 1.80 bits per heavy atom. The van der Waals surface area contributed by atoms with E-state index >= 15 is 0 Å². The van der Waals surface area contributed by atoms with E-state index in [9.17, 15) is 33.0 Å². The van der Waals surface area contributed by atoms with Crippen molar-refractivity contribution in [2.24, 2.45) is 11.8 Å². The number of carbonyl (C=O) groups is 2. The topological polar surface area (TPSA) is 102 Å². The minimum atomic E-state index is -5.19. The highest BCUT2D eigenvalue weighted by molar-refractivity contribution is 6.05. The molecule has 2 aromatic rings. The highest BCUT2D eigenvalue weighted by atomic mass is 19.4. The summed E-state index contributed by atoms with van der Waals surface area (Å²) in [5.74, 6) is -4.79. The quantitative estimate of drug-likeness (QED) is 0.624. The molecule has 2 aromatic carbocycles. The van der Waals surface area contributed by atoms with Gasteiger partial charge in [0.05, 0.1) is 6.10 Å². The normalized spacial score (nSPS) is 29.9. The molecule has 1 aliphatic carbocycles. The molecule has 0 saturated heterocycles. The average Bonchev–Trinajstić information content (AvgIpc) is 2.78. The lowest BCUT2D eigenvalue weighted by Gasteiger charge is -2.52. The van der Waals surface area contributed by atoms with Crippen LogP contribution < -0.4 is 4.74 Å². The molecule has 10 heteroatoms. The highest BCUT2D eigenvalue weighted by Gasteiger charge is 2.66. The van der Waals surface area contributed by atoms with Crippen LogP contribution in [-0.2, 0) is 19.9 Å². The van der Waals surface area contributed by atoms with Crippen molar-refractivity contribution < 1.29 is 47.2 Å². The number of alkyl halides is 3. The first kappa shape index (κ1) is 25.0. The van der Waals surface area contributed by atoms with Gasteiger partial charge in [-0.1, -0.05) is 43.3 Å². The van der Waals surface area contributed by atoms with Crippen molar-refractivity contribution in [2.45, 2.75) is 49.9 Å². The van der Waals surface area contributed by atoms with Crippen molar-refractivity contribution in [3.05, 3.63) is 59.7 Å². The molecule has 0 amide bonds. The Hall–Kier alpha value is -3.11. The zero-order chi connectivity index (χ0) is 25.8. The number of methoxy groups -OCH3 is 1. The van der Waals surface area contributed by atoms with Gasteiger partial charge >= 0.3 is 12.1 Å². The first-order chi connectivity index (χ1) is 16.4. The number of aliphatic hydroxyl groups excluding tert-OH is 1. The van der Waals surface area contributed by atoms with Gasteiger partial charge in [-0.25, -0.2) is 4.79 Å². The number of ketones is 1. The summed E-state index contributed by atoms with van der Waals surface area (Å²) in [4.78, 5) is 26.8. The molecule has 0 spiro atoms. The third kappa shape index (κ3) is 3.66. The smallest absolute Gasteiger partial charge is 0.432 e. The fourth-order valence-electron chi connectivity index (χ4n) is 5.27. The molecule has 1 heterocycles. The third-order valence-electron chi connectivity index (χ3n) is 7.01. The van der Waals surface area contributed by atoms with Gasteiger partial charge < -0.3 is 24.4 Å². The molecule has 0 bridgehead atoms. The van der Waals surface area contributed by atoms with Crippen LogP contribution in [0.5, 0.6) is 11.5 Å². The Morgan fingerprint density at radius 1 is 1.14 bits per heavy atom. The number of esters is 1. The van der Waals surface area contributed by atoms with E-state index in [1.807, 2.05) is 0 Å². The molecule has 188 valence electrons. The number of hydrogen-bond donors (Lipinski definition) is 2. The van der Waals surface area contributed by atoms with E-state index < -0.39 is 64.5 Å². The predicted octanol–water partition coefficient (Wildman–Crippen LogP) is 3.76. The summed E-state index contributed by atoms with van der Waals surface area (Å²) in [6.45, 7) is 3.05. The van der Waals surface area contributed by atoms with Gasteiger partial charge in [-0.2, -0.15) is 13.2 Å². The molecule has 2 N–H and O–H groups in total. The summed E-state index contributed by atoms with van der Waals surface area (Å²) >= 11 is 0. The van der Waals surface area contributed by atoms with Gasteiger partial charge in [-0.05, 0) is 31.4 Å². The first-order valence-electron chi connectivity index (χ1n) is 11.0. The van der Waals surface area contributed by atoms with Crippen LogP contribution in [0.15, 0.2) is 48.5 Å². The molecule has 1 saturated carbocycles. The number of benzene rings is 2. The van der Waals surface area contributed by atoms with Gasteiger partial charge in [0.25, 0.3) is 5.60 Å². The first-order valence-corrected chi connectivity index (χ1v) is 11.0. The Balaban J connectivity index is 1.79. The number of carbonyl (C=O) groups excluding carboxylic acids is 2. The molecular weight excluding hydrogens is 469 g/mol. The number of phenolic OH excluding ortho intramolecular Hbond substituents is 1. The van der Waals surface area contributed by atoms with Crippen molar-refractivity contribution in [1.29, 1.82) is 0 Å². The number of rotatable bonds is 4. The van der Waals surface area contributed by atoms with Gasteiger partial charge in [0.15, 0.2) is 5.78 Å². The Labute approximate surface area is 199 Å². The van der Waals surface area contributed by atoms with Gasteiger partial charge in [0.1, 0.15) is 34.7 Å². The minimum Gasteiger partial charge on any atom is -0.507 e. The molecule has 4 rings (SSSR count). The van der Waals surface area contributed by atoms with E-state index in [0.717, 1.165) is 19.2 Å². The number of hydrogen-bond acceptors (Lipinski definition) is 7. The van der Waals surface area contributed by atoms with Crippen LogP contribution in [0.1, 0.15) is 36.2 Å². The number of Topliss-reactive ketones (excluding diaryl/α,β-unsaturated/α-hetero) is 1. The second-order valence-corrected chi connectivity index (χ2v) is 9.13. The lowest BCUT2D eigenvalue weighted by molar-refractivity contribution is -0.281. The third-order valence-corrected chi connectivity index (χ3v) is 7.01. The molecule has 7 nitrogen and oxygen atoms in total. The fourth-order valence-corrected chi connectivity index (χ4v) is 5.27. The minimum absolute atomic E-state index is 0.0257. The van der Waals surface area contributed by atoms with E-state index in [0.29, 0.717) is 0 Å². The SMILES string of the molecule is CO[C@](C(=O)O[C@H]1C[C@@H](C)[C@H](O)[C@@]2(C)Oc3cccc(O)c3C(=O)[C@H]12)(c1ccccc1)C(F)(F)F. The van der Waals surface area contributed by atoms with E-state index in [-0.39, 0.29) is 17.7 Å². The van der Waals surface area contributed by atoms with Crippen molar-refractivity contribution in [3.8, 4) is 11.5 Å². The van der Waals surface area contributed by atoms with Crippen LogP contribution in [0.25, 0.3) is 0 Å². The second-order valence-electron chi connectivity index (χ2n) is 9.13. The van der Waals surface area contributed by atoms with Crippen LogP contribution in [0.2, 0.25) is 0 Å². The van der Waals surface area contributed by atoms with Crippen LogP contribution in [0.3, 0.4) is 0 Å². The lowest BCUT2D eigenvalue weighted by atomic mass is 9.64. The summed E-state index contributed by atoms with van der Waals surface area (Å²) < 4.78 is 59.2. The molecule has 0 unspecified atom stereocenters. The van der Waals surface area contributed by atoms with Crippen molar-refractivity contribution in [3.63, 3.8) is 0 Å². The predicted molar refractivity (Wildman–Crippen MR) is 116 cm³/mol. The van der Waals surface area contributed by atoms with E-state index in [1.54, 1.807) is 6.92 Å². The van der Waals surface area contributed by atoms with Crippen molar-refractivity contribution >= 4 is 11.8 Å².